The van der Waals surface area contributed by atoms with Gasteiger partial charge in [-0.2, -0.15) is 0 Å². The van der Waals surface area contributed by atoms with Gasteiger partial charge in [-0.3, -0.25) is 0 Å². The lowest BCUT2D eigenvalue weighted by molar-refractivity contribution is 0.275. The second-order valence-corrected chi connectivity index (χ2v) is 10.7. The van der Waals surface area contributed by atoms with Crippen molar-refractivity contribution in [2.24, 2.45) is 21.7 Å². The van der Waals surface area contributed by atoms with E-state index in [1.807, 2.05) is 0 Å². The van der Waals surface area contributed by atoms with E-state index in [-0.39, 0.29) is 14.9 Å². The first-order chi connectivity index (χ1) is 8.41. The first kappa shape index (κ1) is 29.7. The van der Waals surface area contributed by atoms with Gasteiger partial charge in [0, 0.05) is 0 Å². The van der Waals surface area contributed by atoms with Crippen molar-refractivity contribution < 1.29 is 0 Å². The minimum atomic E-state index is 0. The average Bonchev–Trinajstić information content (AvgIpc) is 2.09. The Morgan fingerprint density at radius 1 is 0.455 bits per heavy atom. The summed E-state index contributed by atoms with van der Waals surface area (Å²) in [4.78, 5) is 0. The smallest absolute Gasteiger partial charge is 0.0203 e. The van der Waals surface area contributed by atoms with Gasteiger partial charge in [0.2, 0.25) is 0 Å². The maximum Gasteiger partial charge on any atom is -0.0203 e. The van der Waals surface area contributed by atoms with E-state index >= 15 is 0 Å². The van der Waals surface area contributed by atoms with E-state index in [9.17, 15) is 0 Å². The topological polar surface area (TPSA) is 0 Å². The molecule has 0 bridgehead atoms. The summed E-state index contributed by atoms with van der Waals surface area (Å²) in [5, 5.41) is 0. The molecule has 0 heteroatoms. The molecule has 0 heterocycles. The van der Waals surface area contributed by atoms with Crippen molar-refractivity contribution in [1.82, 2.24) is 0 Å². The highest BCUT2D eigenvalue weighted by molar-refractivity contribution is 4.98. The van der Waals surface area contributed by atoms with Crippen LogP contribution in [-0.2, 0) is 0 Å². The van der Waals surface area contributed by atoms with Crippen LogP contribution in [0.5, 0.6) is 0 Å². The Hall–Kier alpha value is -0.260. The molecule has 0 aliphatic rings. The Kier molecular flexibility index (Phi) is 14.2. The lowest BCUT2D eigenvalue weighted by Crippen LogP contribution is -2.12. The Balaban J connectivity index is -0.000000135. The minimum Gasteiger partial charge on any atom is -0.0826 e. The number of allylic oxidation sites excluding steroid dienone is 2. The van der Waals surface area contributed by atoms with E-state index in [0.717, 1.165) is 0 Å². The molecule has 0 aliphatic carbocycles. The Bertz CT molecular complexity index is 235. The molecule has 0 fully saturated rings. The third-order valence-corrected chi connectivity index (χ3v) is 2.71. The normalized spacial score (nSPS) is 12.9. The monoisotopic (exact) mass is 314 g/mol. The van der Waals surface area contributed by atoms with Gasteiger partial charge in [0.15, 0.2) is 0 Å². The largest absolute Gasteiger partial charge is 0.0826 e. The third-order valence-electron chi connectivity index (χ3n) is 2.71. The predicted molar refractivity (Wildman–Crippen MR) is 110 cm³/mol. The zero-order valence-electron chi connectivity index (χ0n) is 16.6. The van der Waals surface area contributed by atoms with E-state index in [4.69, 9.17) is 0 Å². The van der Waals surface area contributed by atoms with E-state index in [1.165, 1.54) is 12.8 Å². The average molecular weight is 315 g/mol. The molecule has 22 heavy (non-hydrogen) atoms. The van der Waals surface area contributed by atoms with Crippen LogP contribution in [0.3, 0.4) is 0 Å². The zero-order chi connectivity index (χ0) is 16.8. The molecule has 0 radical (unpaired) electrons. The van der Waals surface area contributed by atoms with Crippen LogP contribution in [0, 0.1) is 21.7 Å². The van der Waals surface area contributed by atoms with Gasteiger partial charge in [-0.15, -0.1) is 0 Å². The van der Waals surface area contributed by atoms with E-state index in [0.29, 0.717) is 21.7 Å². The lowest BCUT2D eigenvalue weighted by Gasteiger charge is -2.24. The molecule has 0 nitrogen and oxygen atoms in total. The SMILES string of the molecule is C.C.CC(C)(C)/C=C\C(C)(C)C.CC(C)(C)CCC(C)(C)C. The quantitative estimate of drug-likeness (QED) is 0.424. The van der Waals surface area contributed by atoms with Crippen LogP contribution >= 0.6 is 0 Å². The summed E-state index contributed by atoms with van der Waals surface area (Å²) in [6.07, 6.45) is 7.20. The molecule has 0 saturated carbocycles. The van der Waals surface area contributed by atoms with Gasteiger partial charge >= 0.3 is 0 Å². The van der Waals surface area contributed by atoms with Crippen molar-refractivity contribution in [2.75, 3.05) is 0 Å². The molecule has 0 aromatic carbocycles. The molecular weight excluding hydrogens is 264 g/mol. The molecule has 0 rings (SSSR count). The molecule has 0 N–H and O–H groups in total. The second kappa shape index (κ2) is 10.5. The van der Waals surface area contributed by atoms with Gasteiger partial charge in [0.05, 0.1) is 0 Å². The van der Waals surface area contributed by atoms with Gasteiger partial charge in [0.25, 0.3) is 0 Å². The van der Waals surface area contributed by atoms with Gasteiger partial charge in [0.1, 0.15) is 0 Å². The van der Waals surface area contributed by atoms with Gasteiger partial charge in [-0.05, 0) is 34.5 Å². The van der Waals surface area contributed by atoms with Gasteiger partial charge in [-0.1, -0.05) is 110 Å². The van der Waals surface area contributed by atoms with Crippen molar-refractivity contribution in [1.29, 1.82) is 0 Å². The molecule has 0 spiro atoms. The lowest BCUT2D eigenvalue weighted by atomic mass is 9.81. The molecule has 0 amide bonds. The minimum absolute atomic E-state index is 0. The van der Waals surface area contributed by atoms with Crippen LogP contribution in [0.4, 0.5) is 0 Å². The highest BCUT2D eigenvalue weighted by Gasteiger charge is 2.16. The van der Waals surface area contributed by atoms with Crippen molar-refractivity contribution >= 4 is 0 Å². The standard InChI is InChI=1S/C10H22.C10H20.2CH4/c2*1-9(2,3)7-8-10(4,5)6;;/h7-8H2,1-6H3;7-8H,1-6H3;2*1H4/b;8-7-;;. The zero-order valence-corrected chi connectivity index (χ0v) is 16.6. The van der Waals surface area contributed by atoms with Crippen molar-refractivity contribution in [3.05, 3.63) is 12.2 Å². The van der Waals surface area contributed by atoms with E-state index < -0.39 is 0 Å². The first-order valence-corrected chi connectivity index (χ1v) is 8.12. The summed E-state index contributed by atoms with van der Waals surface area (Å²) in [5.74, 6) is 0. The first-order valence-electron chi connectivity index (χ1n) is 8.12. The summed E-state index contributed by atoms with van der Waals surface area (Å²) in [5.41, 5.74) is 1.67. The fourth-order valence-corrected chi connectivity index (χ4v) is 1.25. The number of hydrogen-bond donors (Lipinski definition) is 0. The molecule has 0 aliphatic heterocycles. The molecule has 0 aromatic rings. The van der Waals surface area contributed by atoms with Crippen LogP contribution in [0.2, 0.25) is 0 Å². The van der Waals surface area contributed by atoms with Crippen LogP contribution in [0.1, 0.15) is 111 Å². The fourth-order valence-electron chi connectivity index (χ4n) is 1.25. The van der Waals surface area contributed by atoms with Crippen LogP contribution in [0.25, 0.3) is 0 Å². The second-order valence-electron chi connectivity index (χ2n) is 10.7. The Morgan fingerprint density at radius 2 is 0.636 bits per heavy atom. The molecule has 138 valence electrons. The maximum absolute atomic E-state index is 2.30. The highest BCUT2D eigenvalue weighted by atomic mass is 14.2. The van der Waals surface area contributed by atoms with Crippen molar-refractivity contribution in [2.45, 2.75) is 111 Å². The molecule has 0 unspecified atom stereocenters. The third kappa shape index (κ3) is 36.7. The van der Waals surface area contributed by atoms with Gasteiger partial charge in [-0.25, -0.2) is 0 Å². The summed E-state index contributed by atoms with van der Waals surface area (Å²) < 4.78 is 0. The van der Waals surface area contributed by atoms with Crippen LogP contribution in [0.15, 0.2) is 12.2 Å². The number of rotatable bonds is 1. The molecule has 0 aromatic heterocycles. The predicted octanol–water partition coefficient (Wildman–Crippen LogP) is 8.77. The fraction of sp³-hybridized carbons (Fsp3) is 0.909. The Morgan fingerprint density at radius 3 is 0.727 bits per heavy atom. The van der Waals surface area contributed by atoms with Gasteiger partial charge < -0.3 is 0 Å². The van der Waals surface area contributed by atoms with Crippen LogP contribution in [-0.4, -0.2) is 0 Å². The summed E-state index contributed by atoms with van der Waals surface area (Å²) in [6.45, 7) is 27.1. The van der Waals surface area contributed by atoms with Crippen molar-refractivity contribution in [3.63, 3.8) is 0 Å². The Labute approximate surface area is 145 Å². The summed E-state index contributed by atoms with van der Waals surface area (Å²) in [6, 6.07) is 0. The molecular formula is C22H50. The molecule has 0 atom stereocenters. The molecule has 0 saturated heterocycles. The summed E-state index contributed by atoms with van der Waals surface area (Å²) >= 11 is 0. The van der Waals surface area contributed by atoms with E-state index in [2.05, 4.69) is 95.2 Å². The maximum atomic E-state index is 2.30. The highest BCUT2D eigenvalue weighted by Crippen LogP contribution is 2.29. The number of hydrogen-bond acceptors (Lipinski definition) is 0. The van der Waals surface area contributed by atoms with Crippen LogP contribution < -0.4 is 0 Å². The van der Waals surface area contributed by atoms with E-state index in [1.54, 1.807) is 0 Å². The van der Waals surface area contributed by atoms with Crippen molar-refractivity contribution in [3.8, 4) is 0 Å². The summed E-state index contributed by atoms with van der Waals surface area (Å²) in [7, 11) is 0.